The number of hydrogen-bond acceptors (Lipinski definition) is 4. The lowest BCUT2D eigenvalue weighted by molar-refractivity contribution is 0.586. The molecule has 0 spiro atoms. The van der Waals surface area contributed by atoms with Crippen LogP contribution in [0.15, 0.2) is 24.3 Å². The predicted octanol–water partition coefficient (Wildman–Crippen LogP) is 1.21. The van der Waals surface area contributed by atoms with Gasteiger partial charge in [0.05, 0.1) is 23.1 Å². The van der Waals surface area contributed by atoms with Gasteiger partial charge in [0.2, 0.25) is 0 Å². The van der Waals surface area contributed by atoms with Gasteiger partial charge >= 0.3 is 0 Å². The molecule has 92 valence electrons. The summed E-state index contributed by atoms with van der Waals surface area (Å²) in [6, 6.07) is 8.47. The Morgan fingerprint density at radius 2 is 1.94 bits per heavy atom. The van der Waals surface area contributed by atoms with Crippen molar-refractivity contribution >= 4 is 9.84 Å². The molecule has 1 aromatic rings. The van der Waals surface area contributed by atoms with Crippen LogP contribution in [0.3, 0.4) is 0 Å². The van der Waals surface area contributed by atoms with Gasteiger partial charge in [-0.3, -0.25) is 0 Å². The van der Waals surface area contributed by atoms with Crippen LogP contribution >= 0.6 is 0 Å². The van der Waals surface area contributed by atoms with Crippen molar-refractivity contribution in [3.8, 4) is 6.07 Å². The highest BCUT2D eigenvalue weighted by molar-refractivity contribution is 7.90. The van der Waals surface area contributed by atoms with E-state index in [0.29, 0.717) is 17.5 Å². The fourth-order valence-electron chi connectivity index (χ4n) is 1.37. The minimum Gasteiger partial charge on any atom is -0.328 e. The zero-order valence-electron chi connectivity index (χ0n) is 9.76. The first-order valence-electron chi connectivity index (χ1n) is 5.38. The monoisotopic (exact) mass is 252 g/mol. The largest absolute Gasteiger partial charge is 0.328 e. The molecule has 5 heteroatoms. The topological polar surface area (TPSA) is 84.0 Å². The Morgan fingerprint density at radius 3 is 2.41 bits per heavy atom. The highest BCUT2D eigenvalue weighted by Crippen LogP contribution is 2.09. The first kappa shape index (κ1) is 13.7. The summed E-state index contributed by atoms with van der Waals surface area (Å²) in [6.07, 6.45) is 0.471. The van der Waals surface area contributed by atoms with Crippen LogP contribution in [-0.2, 0) is 15.6 Å². The maximum atomic E-state index is 11.7. The Labute approximate surface area is 102 Å². The summed E-state index contributed by atoms with van der Waals surface area (Å²) in [5.41, 5.74) is 6.76. The minimum atomic E-state index is -3.11. The van der Waals surface area contributed by atoms with E-state index < -0.39 is 9.84 Å². The van der Waals surface area contributed by atoms with Gasteiger partial charge in [-0.05, 0) is 31.0 Å². The Morgan fingerprint density at radius 1 is 1.35 bits per heavy atom. The molecule has 0 aliphatic carbocycles. The molecular formula is C12H16N2O2S. The molecular weight excluding hydrogens is 236 g/mol. The van der Waals surface area contributed by atoms with Crippen LogP contribution in [0.1, 0.15) is 24.5 Å². The van der Waals surface area contributed by atoms with Gasteiger partial charge < -0.3 is 5.73 Å². The summed E-state index contributed by atoms with van der Waals surface area (Å²) < 4.78 is 23.5. The average molecular weight is 252 g/mol. The van der Waals surface area contributed by atoms with E-state index in [-0.39, 0.29) is 17.5 Å². The molecule has 0 saturated heterocycles. The van der Waals surface area contributed by atoms with Crippen molar-refractivity contribution in [1.82, 2.24) is 0 Å². The highest BCUT2D eigenvalue weighted by Gasteiger charge is 2.12. The van der Waals surface area contributed by atoms with Crippen LogP contribution in [0, 0.1) is 11.3 Å². The van der Waals surface area contributed by atoms with E-state index >= 15 is 0 Å². The lowest BCUT2D eigenvalue weighted by Gasteiger charge is -2.06. The lowest BCUT2D eigenvalue weighted by atomic mass is 10.2. The van der Waals surface area contributed by atoms with Gasteiger partial charge in [0.25, 0.3) is 0 Å². The van der Waals surface area contributed by atoms with Crippen LogP contribution < -0.4 is 5.73 Å². The third-order valence-electron chi connectivity index (χ3n) is 2.35. The molecule has 4 nitrogen and oxygen atoms in total. The number of sulfone groups is 1. The minimum absolute atomic E-state index is 0.00539. The molecule has 2 N–H and O–H groups in total. The Hall–Kier alpha value is -1.38. The SMILES string of the molecule is CC(N)CCS(=O)(=O)Cc1ccc(C#N)cc1. The molecule has 17 heavy (non-hydrogen) atoms. The van der Waals surface area contributed by atoms with Crippen molar-refractivity contribution in [2.24, 2.45) is 5.73 Å². The first-order valence-corrected chi connectivity index (χ1v) is 7.20. The zero-order chi connectivity index (χ0) is 12.9. The maximum Gasteiger partial charge on any atom is 0.154 e. The van der Waals surface area contributed by atoms with Gasteiger partial charge in [-0.2, -0.15) is 5.26 Å². The molecule has 0 saturated carbocycles. The number of nitriles is 1. The van der Waals surface area contributed by atoms with Crippen LogP contribution in [0.4, 0.5) is 0 Å². The predicted molar refractivity (Wildman–Crippen MR) is 66.9 cm³/mol. The number of nitrogens with zero attached hydrogens (tertiary/aromatic N) is 1. The molecule has 1 unspecified atom stereocenters. The molecule has 0 fully saturated rings. The molecule has 1 rings (SSSR count). The van der Waals surface area contributed by atoms with Crippen molar-refractivity contribution in [3.05, 3.63) is 35.4 Å². The summed E-state index contributed by atoms with van der Waals surface area (Å²) in [4.78, 5) is 0. The van der Waals surface area contributed by atoms with Crippen molar-refractivity contribution in [1.29, 1.82) is 5.26 Å². The summed E-state index contributed by atoms with van der Waals surface area (Å²) in [5.74, 6) is 0.107. The molecule has 0 aromatic heterocycles. The number of hydrogen-bond donors (Lipinski definition) is 1. The summed E-state index contributed by atoms with van der Waals surface area (Å²) >= 11 is 0. The normalized spacial score (nSPS) is 13.0. The van der Waals surface area contributed by atoms with Crippen molar-refractivity contribution in [2.45, 2.75) is 25.1 Å². The van der Waals surface area contributed by atoms with Gasteiger partial charge in [0, 0.05) is 6.04 Å². The lowest BCUT2D eigenvalue weighted by Crippen LogP contribution is -2.20. The van der Waals surface area contributed by atoms with Crippen LogP contribution in [0.25, 0.3) is 0 Å². The molecule has 0 radical (unpaired) electrons. The van der Waals surface area contributed by atoms with Gasteiger partial charge in [0.15, 0.2) is 9.84 Å². The van der Waals surface area contributed by atoms with Gasteiger partial charge in [-0.1, -0.05) is 12.1 Å². The second-order valence-corrected chi connectivity index (χ2v) is 6.35. The zero-order valence-corrected chi connectivity index (χ0v) is 10.6. The molecule has 0 aliphatic heterocycles. The van der Waals surface area contributed by atoms with E-state index in [1.54, 1.807) is 31.2 Å². The molecule has 1 atom stereocenters. The number of nitrogens with two attached hydrogens (primary N) is 1. The summed E-state index contributed by atoms with van der Waals surface area (Å²) in [6.45, 7) is 1.79. The third-order valence-corrected chi connectivity index (χ3v) is 3.98. The van der Waals surface area contributed by atoms with Crippen molar-refractivity contribution < 1.29 is 8.42 Å². The first-order chi connectivity index (χ1) is 7.93. The molecule has 0 bridgehead atoms. The van der Waals surface area contributed by atoms with Gasteiger partial charge in [0.1, 0.15) is 0 Å². The van der Waals surface area contributed by atoms with E-state index in [9.17, 15) is 8.42 Å². The van der Waals surface area contributed by atoms with E-state index in [1.807, 2.05) is 6.07 Å². The second kappa shape index (κ2) is 5.80. The smallest absolute Gasteiger partial charge is 0.154 e. The van der Waals surface area contributed by atoms with Crippen LogP contribution in [0.5, 0.6) is 0 Å². The summed E-state index contributed by atoms with van der Waals surface area (Å²) in [7, 11) is -3.11. The van der Waals surface area contributed by atoms with Gasteiger partial charge in [-0.15, -0.1) is 0 Å². The van der Waals surface area contributed by atoms with Gasteiger partial charge in [-0.25, -0.2) is 8.42 Å². The Balaban J connectivity index is 2.67. The summed E-state index contributed by atoms with van der Waals surface area (Å²) in [5, 5.41) is 8.62. The standard InChI is InChI=1S/C12H16N2O2S/c1-10(14)6-7-17(15,16)9-12-4-2-11(8-13)3-5-12/h2-5,10H,6-7,9,14H2,1H3. The van der Waals surface area contributed by atoms with E-state index in [0.717, 1.165) is 0 Å². The van der Waals surface area contributed by atoms with Crippen LogP contribution in [-0.4, -0.2) is 20.2 Å². The Kier molecular flexibility index (Phi) is 4.67. The van der Waals surface area contributed by atoms with Crippen molar-refractivity contribution in [3.63, 3.8) is 0 Å². The van der Waals surface area contributed by atoms with E-state index in [2.05, 4.69) is 0 Å². The van der Waals surface area contributed by atoms with Crippen LogP contribution in [0.2, 0.25) is 0 Å². The maximum absolute atomic E-state index is 11.7. The molecule has 0 amide bonds. The third kappa shape index (κ3) is 4.98. The van der Waals surface area contributed by atoms with E-state index in [1.165, 1.54) is 0 Å². The highest BCUT2D eigenvalue weighted by atomic mass is 32.2. The fraction of sp³-hybridized carbons (Fsp3) is 0.417. The quantitative estimate of drug-likeness (QED) is 0.853. The molecule has 0 heterocycles. The van der Waals surface area contributed by atoms with Crippen molar-refractivity contribution in [2.75, 3.05) is 5.75 Å². The average Bonchev–Trinajstić information content (AvgIpc) is 2.27. The molecule has 1 aromatic carbocycles. The Bertz CT molecular complexity index is 498. The number of benzene rings is 1. The second-order valence-electron chi connectivity index (χ2n) is 4.17. The fourth-order valence-corrected chi connectivity index (χ4v) is 2.94. The van der Waals surface area contributed by atoms with E-state index in [4.69, 9.17) is 11.0 Å². The number of rotatable bonds is 5. The molecule has 0 aliphatic rings.